The van der Waals surface area contributed by atoms with Gasteiger partial charge in [-0.25, -0.2) is 4.79 Å². The summed E-state index contributed by atoms with van der Waals surface area (Å²) in [5.41, 5.74) is 2.05. The molecule has 3 fully saturated rings. The Labute approximate surface area is 219 Å². The van der Waals surface area contributed by atoms with Crippen molar-refractivity contribution in [3.8, 4) is 11.3 Å². The first-order valence-corrected chi connectivity index (χ1v) is 13.2. The molecule has 2 aromatic carbocycles. The molecule has 1 heterocycles. The van der Waals surface area contributed by atoms with E-state index in [-0.39, 0.29) is 23.5 Å². The number of carbonyl (C=O) groups is 1. The molecule has 0 saturated heterocycles. The molecule has 6 rings (SSSR count). The molecule has 0 spiro atoms. The van der Waals surface area contributed by atoms with Crippen molar-refractivity contribution in [3.63, 3.8) is 0 Å². The van der Waals surface area contributed by atoms with E-state index >= 15 is 0 Å². The van der Waals surface area contributed by atoms with Crippen LogP contribution in [0, 0.1) is 11.8 Å². The Balaban J connectivity index is 1.23. The van der Waals surface area contributed by atoms with Gasteiger partial charge in [-0.15, -0.1) is 0 Å². The van der Waals surface area contributed by atoms with E-state index in [0.717, 1.165) is 37.0 Å². The fourth-order valence-electron chi connectivity index (χ4n) is 6.26. The SMILES string of the molecule is O=C(O)c1cccc(C2(O)[C@@H]3CC[C@H]2CC(OCc2c(-c4c(Cl)cccc4Cl)noc2C2CC2)C3)c1. The van der Waals surface area contributed by atoms with E-state index < -0.39 is 11.6 Å². The number of aromatic nitrogens is 1. The van der Waals surface area contributed by atoms with Crippen LogP contribution >= 0.6 is 23.2 Å². The van der Waals surface area contributed by atoms with Gasteiger partial charge in [-0.2, -0.15) is 0 Å². The summed E-state index contributed by atoms with van der Waals surface area (Å²) >= 11 is 13.0. The third-order valence-electron chi connectivity index (χ3n) is 8.20. The van der Waals surface area contributed by atoms with Crippen molar-refractivity contribution in [2.45, 2.75) is 62.8 Å². The number of carboxylic acid groups (broad SMARTS) is 1. The number of fused-ring (bicyclic) bond motifs is 2. The highest BCUT2D eigenvalue weighted by Gasteiger charge is 2.54. The number of halogens is 2. The molecule has 3 saturated carbocycles. The standard InChI is InChI=1S/C28H27Cl2NO5/c29-22-5-2-6-23(30)24(22)25-21(26(36-31-25)15-7-8-15)14-35-20-12-18-9-10-19(13-20)28(18,34)17-4-1-3-16(11-17)27(32)33/h1-6,11,15,18-20,34H,7-10,12-14H2,(H,32,33)/t18-,19+,20?,28?. The Morgan fingerprint density at radius 1 is 1.06 bits per heavy atom. The summed E-state index contributed by atoms with van der Waals surface area (Å²) in [5, 5.41) is 26.6. The van der Waals surface area contributed by atoms with Gasteiger partial charge >= 0.3 is 5.97 Å². The molecule has 0 aliphatic heterocycles. The number of ether oxygens (including phenoxy) is 1. The lowest BCUT2D eigenvalue weighted by Crippen LogP contribution is -2.44. The van der Waals surface area contributed by atoms with Crippen molar-refractivity contribution >= 4 is 29.2 Å². The van der Waals surface area contributed by atoms with Crippen molar-refractivity contribution in [1.82, 2.24) is 5.16 Å². The molecular formula is C28H27Cl2NO5. The third kappa shape index (κ3) is 4.04. The number of aliphatic hydroxyl groups is 1. The lowest BCUT2D eigenvalue weighted by atomic mass is 9.69. The highest BCUT2D eigenvalue weighted by Crippen LogP contribution is 2.56. The van der Waals surface area contributed by atoms with Gasteiger partial charge in [0.2, 0.25) is 0 Å². The van der Waals surface area contributed by atoms with E-state index in [4.69, 9.17) is 32.5 Å². The van der Waals surface area contributed by atoms with Crippen LogP contribution in [0.25, 0.3) is 11.3 Å². The molecule has 3 aliphatic rings. The van der Waals surface area contributed by atoms with Gasteiger partial charge in [0.15, 0.2) is 0 Å². The van der Waals surface area contributed by atoms with Crippen LogP contribution in [-0.2, 0) is 16.9 Å². The van der Waals surface area contributed by atoms with Gasteiger partial charge in [0.05, 0.1) is 33.9 Å². The van der Waals surface area contributed by atoms with Gasteiger partial charge in [-0.05, 0) is 80.2 Å². The quantitative estimate of drug-likeness (QED) is 0.350. The molecule has 2 bridgehead atoms. The Hall–Kier alpha value is -2.38. The Kier molecular flexibility index (Phi) is 6.11. The lowest BCUT2D eigenvalue weighted by Gasteiger charge is -2.43. The molecule has 8 heteroatoms. The first kappa shape index (κ1) is 24.0. The van der Waals surface area contributed by atoms with Crippen LogP contribution in [0.15, 0.2) is 47.0 Å². The van der Waals surface area contributed by atoms with E-state index in [1.54, 1.807) is 36.4 Å². The minimum Gasteiger partial charge on any atom is -0.478 e. The van der Waals surface area contributed by atoms with Crippen molar-refractivity contribution in [2.24, 2.45) is 11.8 Å². The summed E-state index contributed by atoms with van der Waals surface area (Å²) in [6, 6.07) is 12.1. The lowest BCUT2D eigenvalue weighted by molar-refractivity contribution is -0.116. The molecule has 6 nitrogen and oxygen atoms in total. The topological polar surface area (TPSA) is 92.8 Å². The summed E-state index contributed by atoms with van der Waals surface area (Å²) in [5.74, 6) is 0.225. The second-order valence-corrected chi connectivity index (χ2v) is 11.1. The van der Waals surface area contributed by atoms with Crippen LogP contribution in [0.3, 0.4) is 0 Å². The highest BCUT2D eigenvalue weighted by molar-refractivity contribution is 6.39. The van der Waals surface area contributed by atoms with Crippen molar-refractivity contribution in [2.75, 3.05) is 0 Å². The summed E-state index contributed by atoms with van der Waals surface area (Å²) in [7, 11) is 0. The average molecular weight is 528 g/mol. The Bertz CT molecular complexity index is 1280. The fourth-order valence-corrected chi connectivity index (χ4v) is 6.84. The number of benzene rings is 2. The zero-order valence-electron chi connectivity index (χ0n) is 19.6. The maximum atomic E-state index is 11.8. The summed E-state index contributed by atoms with van der Waals surface area (Å²) < 4.78 is 12.2. The zero-order valence-corrected chi connectivity index (χ0v) is 21.1. The van der Waals surface area contributed by atoms with Gasteiger partial charge < -0.3 is 19.5 Å². The maximum absolute atomic E-state index is 11.8. The van der Waals surface area contributed by atoms with Crippen LogP contribution in [0.2, 0.25) is 10.0 Å². The van der Waals surface area contributed by atoms with Gasteiger partial charge in [-0.3, -0.25) is 0 Å². The molecule has 4 atom stereocenters. The van der Waals surface area contributed by atoms with E-state index in [1.165, 1.54) is 0 Å². The van der Waals surface area contributed by atoms with Gasteiger partial charge in [0, 0.05) is 17.0 Å². The predicted molar refractivity (Wildman–Crippen MR) is 135 cm³/mol. The van der Waals surface area contributed by atoms with E-state index in [9.17, 15) is 15.0 Å². The second-order valence-electron chi connectivity index (χ2n) is 10.3. The number of nitrogens with zero attached hydrogens (tertiary/aromatic N) is 1. The van der Waals surface area contributed by atoms with Gasteiger partial charge in [0.1, 0.15) is 11.5 Å². The van der Waals surface area contributed by atoms with Crippen LogP contribution < -0.4 is 0 Å². The molecule has 188 valence electrons. The monoisotopic (exact) mass is 527 g/mol. The van der Waals surface area contributed by atoms with E-state index in [2.05, 4.69) is 5.16 Å². The van der Waals surface area contributed by atoms with Gasteiger partial charge in [0.25, 0.3) is 0 Å². The first-order chi connectivity index (χ1) is 17.4. The highest BCUT2D eigenvalue weighted by atomic mass is 35.5. The molecule has 3 aromatic rings. The molecule has 0 amide bonds. The van der Waals surface area contributed by atoms with Crippen LogP contribution in [0.4, 0.5) is 0 Å². The molecule has 3 aliphatic carbocycles. The smallest absolute Gasteiger partial charge is 0.335 e. The molecule has 0 radical (unpaired) electrons. The van der Waals surface area contributed by atoms with Gasteiger partial charge in [-0.1, -0.05) is 46.6 Å². The number of aromatic carboxylic acids is 1. The van der Waals surface area contributed by atoms with Crippen molar-refractivity contribution < 1.29 is 24.3 Å². The molecule has 2 unspecified atom stereocenters. The summed E-state index contributed by atoms with van der Waals surface area (Å²) in [6.07, 6.45) is 5.29. The predicted octanol–water partition coefficient (Wildman–Crippen LogP) is 6.82. The number of carboxylic acids is 1. The van der Waals surface area contributed by atoms with Crippen LogP contribution in [0.1, 0.15) is 71.7 Å². The maximum Gasteiger partial charge on any atom is 0.335 e. The normalized spacial score (nSPS) is 27.4. The summed E-state index contributed by atoms with van der Waals surface area (Å²) in [4.78, 5) is 11.5. The largest absolute Gasteiger partial charge is 0.478 e. The minimum atomic E-state index is -1.03. The Morgan fingerprint density at radius 3 is 2.36 bits per heavy atom. The zero-order chi connectivity index (χ0) is 25.0. The molecule has 2 N–H and O–H groups in total. The molecule has 1 aromatic heterocycles. The first-order valence-electron chi connectivity index (χ1n) is 12.5. The minimum absolute atomic E-state index is 0.00755. The van der Waals surface area contributed by atoms with Crippen LogP contribution in [-0.4, -0.2) is 27.4 Å². The average Bonchev–Trinajstić information content (AvgIpc) is 3.60. The second kappa shape index (κ2) is 9.18. The van der Waals surface area contributed by atoms with Crippen LogP contribution in [0.5, 0.6) is 0 Å². The third-order valence-corrected chi connectivity index (χ3v) is 8.83. The number of rotatable bonds is 7. The number of hydrogen-bond acceptors (Lipinski definition) is 5. The van der Waals surface area contributed by atoms with E-state index in [1.807, 2.05) is 6.07 Å². The van der Waals surface area contributed by atoms with Crippen molar-refractivity contribution in [1.29, 1.82) is 0 Å². The van der Waals surface area contributed by atoms with E-state index in [0.29, 0.717) is 52.2 Å². The number of hydrogen-bond donors (Lipinski definition) is 2. The fraction of sp³-hybridized carbons (Fsp3) is 0.429. The van der Waals surface area contributed by atoms with Crippen molar-refractivity contribution in [3.05, 3.63) is 75.0 Å². The molecule has 36 heavy (non-hydrogen) atoms. The Morgan fingerprint density at radius 2 is 1.72 bits per heavy atom. The molecular weight excluding hydrogens is 501 g/mol. The summed E-state index contributed by atoms with van der Waals surface area (Å²) in [6.45, 7) is 0.337.